The largest absolute Gasteiger partial charge is 0.490 e. The number of benzene rings is 1. The fraction of sp³-hybridized carbons (Fsp3) is 0.417. The number of ether oxygens (including phenoxy) is 1. The molecule has 0 saturated carbocycles. The van der Waals surface area contributed by atoms with Gasteiger partial charge in [-0.15, -0.1) is 0 Å². The summed E-state index contributed by atoms with van der Waals surface area (Å²) in [5.74, 6) is -2.07. The van der Waals surface area contributed by atoms with Crippen LogP contribution in [0.3, 0.4) is 0 Å². The van der Waals surface area contributed by atoms with E-state index in [1.54, 1.807) is 6.92 Å². The molecule has 1 aromatic carbocycles. The van der Waals surface area contributed by atoms with Gasteiger partial charge in [0.15, 0.2) is 17.3 Å². The highest BCUT2D eigenvalue weighted by Crippen LogP contribution is 2.25. The quantitative estimate of drug-likeness (QED) is 0.722. The number of carbonyl (C=O) groups is 1. The zero-order chi connectivity index (χ0) is 12.1. The standard InChI is InChI=1S/C12H14F2O2/c1-3-5-16-12-9(11(15)4-2)6-8(13)7-10(12)14/h6-7H,3-5H2,1-2H3. The van der Waals surface area contributed by atoms with E-state index in [0.29, 0.717) is 13.0 Å². The van der Waals surface area contributed by atoms with Crippen LogP contribution >= 0.6 is 0 Å². The normalized spacial score (nSPS) is 10.2. The molecule has 0 unspecified atom stereocenters. The van der Waals surface area contributed by atoms with Crippen molar-refractivity contribution in [2.24, 2.45) is 0 Å². The molecule has 4 heteroatoms. The van der Waals surface area contributed by atoms with Crippen molar-refractivity contribution >= 4 is 5.78 Å². The molecule has 0 fully saturated rings. The number of carbonyl (C=O) groups excluding carboxylic acids is 1. The molecule has 0 aliphatic rings. The van der Waals surface area contributed by atoms with Crippen molar-refractivity contribution in [3.8, 4) is 5.75 Å². The van der Waals surface area contributed by atoms with Gasteiger partial charge in [0.1, 0.15) is 5.82 Å². The van der Waals surface area contributed by atoms with Crippen molar-refractivity contribution < 1.29 is 18.3 Å². The van der Waals surface area contributed by atoms with E-state index in [0.717, 1.165) is 12.1 Å². The zero-order valence-corrected chi connectivity index (χ0v) is 9.35. The topological polar surface area (TPSA) is 26.3 Å². The molecule has 0 saturated heterocycles. The molecule has 0 amide bonds. The molecule has 0 N–H and O–H groups in total. The Morgan fingerprint density at radius 1 is 1.31 bits per heavy atom. The Balaban J connectivity index is 3.15. The van der Waals surface area contributed by atoms with E-state index < -0.39 is 11.6 Å². The summed E-state index contributed by atoms with van der Waals surface area (Å²) in [6, 6.07) is 1.73. The van der Waals surface area contributed by atoms with Crippen LogP contribution in [-0.4, -0.2) is 12.4 Å². The SMILES string of the molecule is CCCOc1c(F)cc(F)cc1C(=O)CC. The number of hydrogen-bond acceptors (Lipinski definition) is 2. The first-order valence-electron chi connectivity index (χ1n) is 5.25. The Kier molecular flexibility index (Phi) is 4.40. The maximum Gasteiger partial charge on any atom is 0.168 e. The minimum Gasteiger partial charge on any atom is -0.490 e. The molecule has 16 heavy (non-hydrogen) atoms. The van der Waals surface area contributed by atoms with Gasteiger partial charge in [-0.05, 0) is 12.5 Å². The van der Waals surface area contributed by atoms with E-state index in [2.05, 4.69) is 0 Å². The molecule has 0 radical (unpaired) electrons. The molecule has 0 aromatic heterocycles. The number of ketones is 1. The van der Waals surface area contributed by atoms with E-state index in [1.165, 1.54) is 0 Å². The van der Waals surface area contributed by atoms with Gasteiger partial charge in [0.2, 0.25) is 0 Å². The van der Waals surface area contributed by atoms with Crippen molar-refractivity contribution in [1.29, 1.82) is 0 Å². The highest BCUT2D eigenvalue weighted by molar-refractivity contribution is 5.98. The van der Waals surface area contributed by atoms with Crippen LogP contribution in [0, 0.1) is 11.6 Å². The van der Waals surface area contributed by atoms with Crippen LogP contribution in [0.15, 0.2) is 12.1 Å². The molecule has 0 spiro atoms. The molecule has 1 rings (SSSR count). The third-order valence-corrected chi connectivity index (χ3v) is 2.08. The first-order chi connectivity index (χ1) is 7.60. The van der Waals surface area contributed by atoms with Crippen LogP contribution in [0.5, 0.6) is 5.75 Å². The monoisotopic (exact) mass is 228 g/mol. The van der Waals surface area contributed by atoms with Gasteiger partial charge in [-0.1, -0.05) is 13.8 Å². The van der Waals surface area contributed by atoms with Crippen molar-refractivity contribution in [2.45, 2.75) is 26.7 Å². The second kappa shape index (κ2) is 5.58. The molecule has 2 nitrogen and oxygen atoms in total. The summed E-state index contributed by atoms with van der Waals surface area (Å²) in [5, 5.41) is 0. The first-order valence-corrected chi connectivity index (χ1v) is 5.25. The van der Waals surface area contributed by atoms with Crippen molar-refractivity contribution in [2.75, 3.05) is 6.61 Å². The van der Waals surface area contributed by atoms with E-state index >= 15 is 0 Å². The minimum atomic E-state index is -0.828. The number of Topliss-reactive ketones (excluding diaryl/α,β-unsaturated/α-hetero) is 1. The molecule has 0 bridgehead atoms. The summed E-state index contributed by atoms with van der Waals surface area (Å²) in [6.07, 6.45) is 0.877. The minimum absolute atomic E-state index is 0.0200. The Hall–Kier alpha value is -1.45. The van der Waals surface area contributed by atoms with Crippen LogP contribution in [0.2, 0.25) is 0 Å². The van der Waals surface area contributed by atoms with Gasteiger partial charge in [0.25, 0.3) is 0 Å². The van der Waals surface area contributed by atoms with E-state index in [-0.39, 0.29) is 23.5 Å². The van der Waals surface area contributed by atoms with Crippen LogP contribution in [0.25, 0.3) is 0 Å². The fourth-order valence-corrected chi connectivity index (χ4v) is 1.31. The van der Waals surface area contributed by atoms with Crippen LogP contribution < -0.4 is 4.74 Å². The maximum atomic E-state index is 13.4. The van der Waals surface area contributed by atoms with E-state index in [9.17, 15) is 13.6 Å². The van der Waals surface area contributed by atoms with Crippen LogP contribution in [0.4, 0.5) is 8.78 Å². The molecular weight excluding hydrogens is 214 g/mol. The third-order valence-electron chi connectivity index (χ3n) is 2.08. The van der Waals surface area contributed by atoms with Gasteiger partial charge in [-0.25, -0.2) is 8.78 Å². The lowest BCUT2D eigenvalue weighted by Gasteiger charge is -2.10. The molecule has 0 aliphatic heterocycles. The molecule has 0 aliphatic carbocycles. The Morgan fingerprint density at radius 3 is 2.56 bits per heavy atom. The smallest absolute Gasteiger partial charge is 0.168 e. The number of halogens is 2. The highest BCUT2D eigenvalue weighted by Gasteiger charge is 2.17. The van der Waals surface area contributed by atoms with Gasteiger partial charge in [0, 0.05) is 12.5 Å². The highest BCUT2D eigenvalue weighted by atomic mass is 19.1. The second-order valence-corrected chi connectivity index (χ2v) is 3.39. The van der Waals surface area contributed by atoms with Gasteiger partial charge >= 0.3 is 0 Å². The second-order valence-electron chi connectivity index (χ2n) is 3.39. The fourth-order valence-electron chi connectivity index (χ4n) is 1.31. The number of rotatable bonds is 5. The summed E-state index contributed by atoms with van der Waals surface area (Å²) < 4.78 is 31.5. The van der Waals surface area contributed by atoms with Crippen molar-refractivity contribution in [1.82, 2.24) is 0 Å². The lowest BCUT2D eigenvalue weighted by atomic mass is 10.1. The van der Waals surface area contributed by atoms with Gasteiger partial charge in [-0.3, -0.25) is 4.79 Å². The summed E-state index contributed by atoms with van der Waals surface area (Å²) in [7, 11) is 0. The summed E-state index contributed by atoms with van der Waals surface area (Å²) >= 11 is 0. The van der Waals surface area contributed by atoms with Crippen molar-refractivity contribution in [3.63, 3.8) is 0 Å². The van der Waals surface area contributed by atoms with Crippen molar-refractivity contribution in [3.05, 3.63) is 29.3 Å². The molecule has 0 heterocycles. The average molecular weight is 228 g/mol. The lowest BCUT2D eigenvalue weighted by molar-refractivity contribution is 0.0982. The first kappa shape index (κ1) is 12.6. The predicted molar refractivity (Wildman–Crippen MR) is 56.8 cm³/mol. The average Bonchev–Trinajstić information content (AvgIpc) is 2.26. The summed E-state index contributed by atoms with van der Waals surface area (Å²) in [6.45, 7) is 3.80. The predicted octanol–water partition coefficient (Wildman–Crippen LogP) is 3.35. The zero-order valence-electron chi connectivity index (χ0n) is 9.35. The number of hydrogen-bond donors (Lipinski definition) is 0. The van der Waals surface area contributed by atoms with Crippen LogP contribution in [-0.2, 0) is 0 Å². The van der Waals surface area contributed by atoms with Gasteiger partial charge in [0.05, 0.1) is 12.2 Å². The summed E-state index contributed by atoms with van der Waals surface area (Å²) in [4.78, 5) is 11.5. The van der Waals surface area contributed by atoms with E-state index in [4.69, 9.17) is 4.74 Å². The Labute approximate surface area is 93.2 Å². The van der Waals surface area contributed by atoms with E-state index in [1.807, 2.05) is 6.92 Å². The van der Waals surface area contributed by atoms with Crippen LogP contribution in [0.1, 0.15) is 37.0 Å². The van der Waals surface area contributed by atoms with Gasteiger partial charge in [-0.2, -0.15) is 0 Å². The maximum absolute atomic E-state index is 13.4. The Morgan fingerprint density at radius 2 is 2.00 bits per heavy atom. The molecular formula is C12H14F2O2. The molecule has 0 atom stereocenters. The van der Waals surface area contributed by atoms with Gasteiger partial charge < -0.3 is 4.74 Å². The lowest BCUT2D eigenvalue weighted by Crippen LogP contribution is -2.06. The molecule has 88 valence electrons. The summed E-state index contributed by atoms with van der Waals surface area (Å²) in [5.41, 5.74) is -0.0200. The molecule has 1 aromatic rings. The third kappa shape index (κ3) is 2.78. The Bertz CT molecular complexity index is 389.